The Labute approximate surface area is 346 Å². The summed E-state index contributed by atoms with van der Waals surface area (Å²) in [4.78, 5) is 0. The summed E-state index contributed by atoms with van der Waals surface area (Å²) in [6.07, 6.45) is 5.20. The van der Waals surface area contributed by atoms with E-state index in [1.54, 1.807) is 0 Å². The first-order chi connectivity index (χ1) is 26.7. The standard InChI is InChI=1S/C53H74O4/c1-16-19-55-48-37-22-35-25-42(51(7,8)9)26-36(47(35)54)23-38-28-44(53(13,14)15)30-41(49(38)56-20-17-2)32-46-34(6)45(33(4)5)31-40(50(46)57-21-18-3)24-39(48)29-43(27-37)52(10,11)12/h25-31,33,54H,16-24,32H2,1-15H3. The Bertz CT molecular complexity index is 2040. The Morgan fingerprint density at radius 2 is 0.807 bits per heavy atom. The van der Waals surface area contributed by atoms with Crippen LogP contribution in [-0.4, -0.2) is 24.9 Å². The third-order valence-electron chi connectivity index (χ3n) is 11.6. The molecule has 1 aliphatic carbocycles. The van der Waals surface area contributed by atoms with E-state index in [4.69, 9.17) is 14.2 Å². The molecule has 0 unspecified atom stereocenters. The number of phenols is 1. The van der Waals surface area contributed by atoms with Crippen molar-refractivity contribution in [3.8, 4) is 23.0 Å². The van der Waals surface area contributed by atoms with Crippen molar-refractivity contribution in [1.29, 1.82) is 0 Å². The molecule has 4 heteroatoms. The second-order valence-electron chi connectivity index (χ2n) is 20.1. The van der Waals surface area contributed by atoms with E-state index in [0.29, 0.717) is 57.2 Å². The van der Waals surface area contributed by atoms with Gasteiger partial charge in [-0.2, -0.15) is 0 Å². The van der Waals surface area contributed by atoms with Crippen LogP contribution in [0.3, 0.4) is 0 Å². The zero-order valence-electron chi connectivity index (χ0n) is 38.4. The summed E-state index contributed by atoms with van der Waals surface area (Å²) in [7, 11) is 0. The van der Waals surface area contributed by atoms with Crippen molar-refractivity contribution in [2.75, 3.05) is 19.8 Å². The molecule has 310 valence electrons. The Morgan fingerprint density at radius 1 is 0.491 bits per heavy atom. The van der Waals surface area contributed by atoms with Crippen LogP contribution in [-0.2, 0) is 41.9 Å². The number of ether oxygens (including phenoxy) is 3. The minimum atomic E-state index is -0.124. The van der Waals surface area contributed by atoms with Crippen LogP contribution >= 0.6 is 0 Å². The van der Waals surface area contributed by atoms with Gasteiger partial charge in [-0.15, -0.1) is 0 Å². The maximum atomic E-state index is 12.4. The van der Waals surface area contributed by atoms with Crippen LogP contribution in [0.5, 0.6) is 23.0 Å². The Hall–Kier alpha value is -3.92. The predicted octanol–water partition coefficient (Wildman–Crippen LogP) is 13.8. The normalized spacial score (nSPS) is 13.5. The number of hydrogen-bond acceptors (Lipinski definition) is 4. The molecule has 0 radical (unpaired) electrons. The highest BCUT2D eigenvalue weighted by Crippen LogP contribution is 2.44. The van der Waals surface area contributed by atoms with E-state index in [1.165, 1.54) is 50.1 Å². The molecule has 4 nitrogen and oxygen atoms in total. The smallest absolute Gasteiger partial charge is 0.126 e. The summed E-state index contributed by atoms with van der Waals surface area (Å²) < 4.78 is 20.6. The molecule has 8 bridgehead atoms. The highest BCUT2D eigenvalue weighted by molar-refractivity contribution is 5.61. The van der Waals surface area contributed by atoms with Gasteiger partial charge in [0.2, 0.25) is 0 Å². The fourth-order valence-electron chi connectivity index (χ4n) is 8.18. The number of fused-ring (bicyclic) bond motifs is 8. The van der Waals surface area contributed by atoms with Crippen molar-refractivity contribution in [1.82, 2.24) is 0 Å². The third kappa shape index (κ3) is 10.0. The fourth-order valence-corrected chi connectivity index (χ4v) is 8.18. The van der Waals surface area contributed by atoms with Crippen LogP contribution in [0.4, 0.5) is 0 Å². The molecule has 0 aromatic heterocycles. The molecule has 0 saturated carbocycles. The van der Waals surface area contributed by atoms with Crippen LogP contribution in [0.25, 0.3) is 0 Å². The summed E-state index contributed by atoms with van der Waals surface area (Å²) in [6, 6.07) is 16.3. The van der Waals surface area contributed by atoms with E-state index in [1.807, 2.05) is 0 Å². The van der Waals surface area contributed by atoms with E-state index >= 15 is 0 Å². The van der Waals surface area contributed by atoms with Gasteiger partial charge in [0.15, 0.2) is 0 Å². The van der Waals surface area contributed by atoms with Gasteiger partial charge in [-0.1, -0.05) is 139 Å². The van der Waals surface area contributed by atoms with Crippen LogP contribution in [0, 0.1) is 6.92 Å². The lowest BCUT2D eigenvalue weighted by Crippen LogP contribution is -2.17. The molecular weight excluding hydrogens is 701 g/mol. The molecule has 0 fully saturated rings. The quantitative estimate of drug-likeness (QED) is 0.153. The lowest BCUT2D eigenvalue weighted by molar-refractivity contribution is 0.306. The summed E-state index contributed by atoms with van der Waals surface area (Å²) in [5.74, 6) is 3.56. The highest BCUT2D eigenvalue weighted by Gasteiger charge is 2.29. The molecule has 1 aliphatic rings. The second kappa shape index (κ2) is 17.5. The van der Waals surface area contributed by atoms with Crippen molar-refractivity contribution in [2.24, 2.45) is 0 Å². The van der Waals surface area contributed by atoms with Crippen LogP contribution in [0.2, 0.25) is 0 Å². The van der Waals surface area contributed by atoms with Crippen LogP contribution in [0.1, 0.15) is 194 Å². The maximum absolute atomic E-state index is 12.4. The Balaban J connectivity index is 1.99. The molecule has 4 aromatic rings. The molecule has 0 atom stereocenters. The number of aromatic hydroxyl groups is 1. The van der Waals surface area contributed by atoms with Gasteiger partial charge in [0.1, 0.15) is 23.0 Å². The van der Waals surface area contributed by atoms with Crippen LogP contribution < -0.4 is 14.2 Å². The van der Waals surface area contributed by atoms with Gasteiger partial charge in [-0.25, -0.2) is 0 Å². The van der Waals surface area contributed by atoms with E-state index in [0.717, 1.165) is 58.8 Å². The largest absolute Gasteiger partial charge is 0.507 e. The maximum Gasteiger partial charge on any atom is 0.126 e. The molecule has 1 N–H and O–H groups in total. The molecule has 57 heavy (non-hydrogen) atoms. The van der Waals surface area contributed by atoms with Gasteiger partial charge in [0.25, 0.3) is 0 Å². The number of benzene rings is 4. The lowest BCUT2D eigenvalue weighted by Gasteiger charge is -2.29. The number of rotatable bonds is 10. The first kappa shape index (κ1) is 44.2. The molecule has 5 rings (SSSR count). The minimum Gasteiger partial charge on any atom is -0.507 e. The average molecular weight is 775 g/mol. The fraction of sp³-hybridized carbons (Fsp3) is 0.547. The summed E-state index contributed by atoms with van der Waals surface area (Å²) in [5.41, 5.74) is 14.9. The lowest BCUT2D eigenvalue weighted by atomic mass is 9.79. The molecular formula is C53H74O4. The van der Waals surface area contributed by atoms with E-state index in [-0.39, 0.29) is 16.2 Å². The van der Waals surface area contributed by atoms with Crippen molar-refractivity contribution >= 4 is 0 Å². The van der Waals surface area contributed by atoms with E-state index in [9.17, 15) is 5.11 Å². The summed E-state index contributed by atoms with van der Waals surface area (Å²) in [6.45, 7) is 35.9. The first-order valence-electron chi connectivity index (χ1n) is 21.9. The summed E-state index contributed by atoms with van der Waals surface area (Å²) >= 11 is 0. The van der Waals surface area contributed by atoms with Crippen molar-refractivity contribution in [3.05, 3.63) is 115 Å². The minimum absolute atomic E-state index is 0.0977. The first-order valence-corrected chi connectivity index (χ1v) is 21.9. The van der Waals surface area contributed by atoms with E-state index in [2.05, 4.69) is 146 Å². The third-order valence-corrected chi connectivity index (χ3v) is 11.6. The van der Waals surface area contributed by atoms with Gasteiger partial charge in [0, 0.05) is 31.2 Å². The molecule has 0 aliphatic heterocycles. The monoisotopic (exact) mass is 775 g/mol. The number of hydrogen-bond donors (Lipinski definition) is 1. The van der Waals surface area contributed by atoms with Gasteiger partial charge in [-0.05, 0) is 115 Å². The highest BCUT2D eigenvalue weighted by atomic mass is 16.5. The second-order valence-corrected chi connectivity index (χ2v) is 20.1. The van der Waals surface area contributed by atoms with Crippen molar-refractivity contribution in [2.45, 2.75) is 171 Å². The van der Waals surface area contributed by atoms with Crippen LogP contribution in [0.15, 0.2) is 42.5 Å². The van der Waals surface area contributed by atoms with Crippen molar-refractivity contribution < 1.29 is 19.3 Å². The van der Waals surface area contributed by atoms with Crippen molar-refractivity contribution in [3.63, 3.8) is 0 Å². The topological polar surface area (TPSA) is 47.9 Å². The Morgan fingerprint density at radius 3 is 1.16 bits per heavy atom. The molecule has 0 heterocycles. The summed E-state index contributed by atoms with van der Waals surface area (Å²) in [5, 5.41) is 12.4. The van der Waals surface area contributed by atoms with Gasteiger partial charge >= 0.3 is 0 Å². The molecule has 0 saturated heterocycles. The zero-order chi connectivity index (χ0) is 42.0. The average Bonchev–Trinajstić information content (AvgIpc) is 3.11. The van der Waals surface area contributed by atoms with Gasteiger partial charge < -0.3 is 19.3 Å². The molecule has 0 spiro atoms. The van der Waals surface area contributed by atoms with Gasteiger partial charge in [-0.3, -0.25) is 0 Å². The van der Waals surface area contributed by atoms with Gasteiger partial charge in [0.05, 0.1) is 19.8 Å². The molecule has 4 aromatic carbocycles. The van der Waals surface area contributed by atoms with E-state index < -0.39 is 0 Å². The number of phenolic OH excluding ortho intramolecular Hbond substituents is 1. The SMILES string of the molecule is CCCOc1c2cc(C(C)(C)C)cc1Cc1cc(C(C)C)c(C)c(c1OCCC)Cc1cc(C(C)(C)C)cc(c1OCCC)Cc1cc(C(C)(C)C)cc(c1O)C2. The predicted molar refractivity (Wildman–Crippen MR) is 241 cm³/mol. The molecule has 0 amide bonds. The Kier molecular flexibility index (Phi) is 13.6. The zero-order valence-corrected chi connectivity index (χ0v) is 38.4.